The average Bonchev–Trinajstić information content (AvgIpc) is 3.30. The number of nitrogens with one attached hydrogen (secondary N) is 2. The number of aromatic nitrogens is 2. The number of anilines is 2. The Labute approximate surface area is 200 Å². The molecule has 3 aromatic carbocycles. The monoisotopic (exact) mass is 471 g/mol. The van der Waals surface area contributed by atoms with Crippen molar-refractivity contribution >= 4 is 40.4 Å². The Kier molecular flexibility index (Phi) is 5.12. The lowest BCUT2D eigenvalue weighted by molar-refractivity contribution is -0.122. The average molecular weight is 471 g/mol. The summed E-state index contributed by atoms with van der Waals surface area (Å²) in [7, 11) is 0. The number of nitrogens with two attached hydrogens (primary N) is 1. The van der Waals surface area contributed by atoms with Crippen molar-refractivity contribution in [2.24, 2.45) is 5.73 Å². The molecule has 0 atom stereocenters. The molecule has 3 amide bonds. The summed E-state index contributed by atoms with van der Waals surface area (Å²) in [5, 5.41) is 2.72. The number of halogens is 1. The molecule has 0 saturated heterocycles. The molecule has 0 saturated carbocycles. The van der Waals surface area contributed by atoms with E-state index in [1.165, 1.54) is 12.1 Å². The lowest BCUT2D eigenvalue weighted by Gasteiger charge is -2.20. The predicted octanol–water partition coefficient (Wildman–Crippen LogP) is 3.88. The summed E-state index contributed by atoms with van der Waals surface area (Å²) in [4.78, 5) is 46.5. The summed E-state index contributed by atoms with van der Waals surface area (Å²) in [5.74, 6) is -1.29. The van der Waals surface area contributed by atoms with E-state index in [1.54, 1.807) is 53.4 Å². The number of rotatable bonds is 5. The molecular formula is C26H22FN5O3. The molecular weight excluding hydrogens is 449 g/mol. The number of hydrogen-bond donors (Lipinski definition) is 3. The van der Waals surface area contributed by atoms with Crippen LogP contribution < -0.4 is 16.0 Å². The summed E-state index contributed by atoms with van der Waals surface area (Å²) >= 11 is 0. The minimum atomic E-state index is -0.783. The Balaban J connectivity index is 1.44. The Morgan fingerprint density at radius 2 is 1.86 bits per heavy atom. The first-order chi connectivity index (χ1) is 16.6. The van der Waals surface area contributed by atoms with E-state index >= 15 is 0 Å². The van der Waals surface area contributed by atoms with Crippen LogP contribution in [0.4, 0.5) is 16.0 Å². The summed E-state index contributed by atoms with van der Waals surface area (Å²) < 4.78 is 13.7. The molecule has 1 aromatic heterocycles. The van der Waals surface area contributed by atoms with Crippen molar-refractivity contribution in [1.29, 1.82) is 0 Å². The van der Waals surface area contributed by atoms with Gasteiger partial charge in [-0.25, -0.2) is 9.37 Å². The van der Waals surface area contributed by atoms with Crippen LogP contribution >= 0.6 is 0 Å². The largest absolute Gasteiger partial charge is 0.366 e. The number of imidazole rings is 1. The van der Waals surface area contributed by atoms with Crippen LogP contribution in [-0.2, 0) is 16.8 Å². The second-order valence-electron chi connectivity index (χ2n) is 9.01. The molecule has 4 aromatic rings. The zero-order chi connectivity index (χ0) is 24.9. The van der Waals surface area contributed by atoms with Gasteiger partial charge in [0.15, 0.2) is 0 Å². The molecule has 4 N–H and O–H groups in total. The van der Waals surface area contributed by atoms with E-state index in [0.29, 0.717) is 33.4 Å². The first-order valence-electron chi connectivity index (χ1n) is 11.0. The zero-order valence-electron chi connectivity index (χ0n) is 19.1. The lowest BCUT2D eigenvalue weighted by atomic mass is 9.86. The maximum Gasteiger partial charge on any atom is 0.258 e. The van der Waals surface area contributed by atoms with Crippen LogP contribution in [0, 0.1) is 5.82 Å². The second-order valence-corrected chi connectivity index (χ2v) is 9.01. The van der Waals surface area contributed by atoms with Gasteiger partial charge in [0.1, 0.15) is 5.82 Å². The van der Waals surface area contributed by atoms with Gasteiger partial charge >= 0.3 is 0 Å². The molecule has 5 rings (SSSR count). The molecule has 8 nitrogen and oxygen atoms in total. The molecule has 9 heteroatoms. The fraction of sp³-hybridized carbons (Fsp3) is 0.154. The number of carbonyl (C=O) groups is 3. The normalized spacial score (nSPS) is 14.3. The van der Waals surface area contributed by atoms with Crippen LogP contribution in [-0.4, -0.2) is 27.7 Å². The van der Waals surface area contributed by atoms with Gasteiger partial charge < -0.3 is 15.6 Å². The van der Waals surface area contributed by atoms with E-state index in [1.807, 2.05) is 13.8 Å². The predicted molar refractivity (Wildman–Crippen MR) is 130 cm³/mol. The van der Waals surface area contributed by atoms with Crippen molar-refractivity contribution < 1.29 is 18.8 Å². The third kappa shape index (κ3) is 3.90. The number of fused-ring (bicyclic) bond motifs is 2. The number of hydrogen-bond acceptors (Lipinski definition) is 4. The maximum absolute atomic E-state index is 13.7. The smallest absolute Gasteiger partial charge is 0.258 e. The molecule has 0 radical (unpaired) electrons. The standard InChI is InChI=1S/C26H22FN5O3/c1-26(2)18-8-6-16(12-21(18)32(24(26)35)13-14-4-3-5-17(27)10-14)23(34)31-25-29-19-9-7-15(22(28)33)11-20(19)30-25/h3-12H,13H2,1-2H3,(H2,28,33)(H2,29,30,31,34). The number of H-pyrrole nitrogens is 1. The highest BCUT2D eigenvalue weighted by atomic mass is 19.1. The molecule has 1 aliphatic rings. The van der Waals surface area contributed by atoms with Crippen LogP contribution in [0.1, 0.15) is 45.7 Å². The fourth-order valence-electron chi connectivity index (χ4n) is 4.36. The van der Waals surface area contributed by atoms with Crippen molar-refractivity contribution in [2.75, 3.05) is 10.2 Å². The van der Waals surface area contributed by atoms with Gasteiger partial charge in [0.25, 0.3) is 5.91 Å². The fourth-order valence-corrected chi connectivity index (χ4v) is 4.36. The van der Waals surface area contributed by atoms with E-state index in [4.69, 9.17) is 5.73 Å². The van der Waals surface area contributed by atoms with Gasteiger partial charge in [-0.05, 0) is 67.4 Å². The number of carbonyl (C=O) groups excluding carboxylic acids is 3. The van der Waals surface area contributed by atoms with Crippen LogP contribution in [0.2, 0.25) is 0 Å². The van der Waals surface area contributed by atoms with Crippen molar-refractivity contribution in [3.63, 3.8) is 0 Å². The minimum Gasteiger partial charge on any atom is -0.366 e. The maximum atomic E-state index is 13.7. The van der Waals surface area contributed by atoms with E-state index < -0.39 is 17.2 Å². The summed E-state index contributed by atoms with van der Waals surface area (Å²) in [6.45, 7) is 3.84. The lowest BCUT2D eigenvalue weighted by Crippen LogP contribution is -2.35. The van der Waals surface area contributed by atoms with Crippen LogP contribution in [0.3, 0.4) is 0 Å². The first kappa shape index (κ1) is 22.3. The minimum absolute atomic E-state index is 0.128. The van der Waals surface area contributed by atoms with Gasteiger partial charge in [0, 0.05) is 16.8 Å². The molecule has 176 valence electrons. The molecule has 35 heavy (non-hydrogen) atoms. The Bertz CT molecular complexity index is 1520. The number of nitrogens with zero attached hydrogens (tertiary/aromatic N) is 2. The Morgan fingerprint density at radius 1 is 1.09 bits per heavy atom. The zero-order valence-corrected chi connectivity index (χ0v) is 19.1. The Morgan fingerprint density at radius 3 is 2.60 bits per heavy atom. The number of primary amides is 1. The topological polar surface area (TPSA) is 121 Å². The quantitative estimate of drug-likeness (QED) is 0.409. The summed E-state index contributed by atoms with van der Waals surface area (Å²) in [6.07, 6.45) is 0. The van der Waals surface area contributed by atoms with Crippen molar-refractivity contribution in [3.8, 4) is 0 Å². The van der Waals surface area contributed by atoms with E-state index in [9.17, 15) is 18.8 Å². The van der Waals surface area contributed by atoms with E-state index in [2.05, 4.69) is 15.3 Å². The molecule has 2 heterocycles. The number of benzene rings is 3. The van der Waals surface area contributed by atoms with Gasteiger partial charge in [-0.3, -0.25) is 19.7 Å². The van der Waals surface area contributed by atoms with Gasteiger partial charge in [0.2, 0.25) is 17.8 Å². The first-order valence-corrected chi connectivity index (χ1v) is 11.0. The van der Waals surface area contributed by atoms with E-state index in [-0.39, 0.29) is 24.2 Å². The molecule has 0 bridgehead atoms. The van der Waals surface area contributed by atoms with Crippen molar-refractivity contribution in [1.82, 2.24) is 9.97 Å². The highest BCUT2D eigenvalue weighted by Crippen LogP contribution is 2.42. The van der Waals surface area contributed by atoms with Crippen molar-refractivity contribution in [3.05, 3.63) is 88.7 Å². The molecule has 0 fully saturated rings. The van der Waals surface area contributed by atoms with Crippen molar-refractivity contribution in [2.45, 2.75) is 25.8 Å². The second kappa shape index (κ2) is 8.05. The van der Waals surface area contributed by atoms with E-state index in [0.717, 1.165) is 5.56 Å². The Hall–Kier alpha value is -4.53. The number of amides is 3. The van der Waals surface area contributed by atoms with Crippen LogP contribution in [0.15, 0.2) is 60.7 Å². The molecule has 1 aliphatic heterocycles. The molecule has 0 spiro atoms. The van der Waals surface area contributed by atoms with Gasteiger partial charge in [-0.2, -0.15) is 0 Å². The molecule has 0 unspecified atom stereocenters. The van der Waals surface area contributed by atoms with Crippen LogP contribution in [0.25, 0.3) is 11.0 Å². The summed E-state index contributed by atoms with van der Waals surface area (Å²) in [6, 6.07) is 15.9. The van der Waals surface area contributed by atoms with Gasteiger partial charge in [-0.1, -0.05) is 18.2 Å². The SMILES string of the molecule is CC1(C)C(=O)N(Cc2cccc(F)c2)c2cc(C(=O)Nc3nc4ccc(C(N)=O)cc4[nH]3)ccc21. The highest BCUT2D eigenvalue weighted by molar-refractivity contribution is 6.10. The summed E-state index contributed by atoms with van der Waals surface area (Å²) in [5.41, 5.74) is 8.35. The van der Waals surface area contributed by atoms with Gasteiger partial charge in [0.05, 0.1) is 23.0 Å². The highest BCUT2D eigenvalue weighted by Gasteiger charge is 2.44. The van der Waals surface area contributed by atoms with Crippen LogP contribution in [0.5, 0.6) is 0 Å². The number of aromatic amines is 1. The third-order valence-corrected chi connectivity index (χ3v) is 6.23. The molecule has 0 aliphatic carbocycles. The third-order valence-electron chi connectivity index (χ3n) is 6.23. The van der Waals surface area contributed by atoms with Gasteiger partial charge in [-0.15, -0.1) is 0 Å².